The van der Waals surface area contributed by atoms with Gasteiger partial charge in [0.25, 0.3) is 0 Å². The van der Waals surface area contributed by atoms with Crippen molar-refractivity contribution in [3.8, 4) is 33.8 Å². The fourth-order valence-electron chi connectivity index (χ4n) is 15.5. The molecule has 3 aliphatic rings. The van der Waals surface area contributed by atoms with Crippen LogP contribution in [0.5, 0.6) is 0 Å². The molecular weight excluding hydrogens is 988 g/mol. The normalized spacial score (nSPS) is 19.1. The number of hydrogen-bond donors (Lipinski definition) is 0. The number of benzene rings is 6. The quantitative estimate of drug-likeness (QED) is 0.121. The molecule has 3 heterocycles. The summed E-state index contributed by atoms with van der Waals surface area (Å²) in [6, 6.07) is 40.4. The molecular formula is C74H81F3N3+3. The maximum absolute atomic E-state index is 16.3. The van der Waals surface area contributed by atoms with Gasteiger partial charge in [-0.25, -0.2) is 13.2 Å². The Balaban J connectivity index is 0.733. The van der Waals surface area contributed by atoms with Crippen molar-refractivity contribution in [3.63, 3.8) is 0 Å². The predicted molar refractivity (Wildman–Crippen MR) is 323 cm³/mol. The summed E-state index contributed by atoms with van der Waals surface area (Å²) < 4.78 is 54.6. The van der Waals surface area contributed by atoms with Crippen molar-refractivity contribution in [2.45, 2.75) is 156 Å². The van der Waals surface area contributed by atoms with Gasteiger partial charge in [-0.15, -0.1) is 0 Å². The number of nitrogens with zero attached hydrogens (tertiary/aromatic N) is 3. The summed E-state index contributed by atoms with van der Waals surface area (Å²) in [4.78, 5) is 0. The Bertz CT molecular complexity index is 3890. The van der Waals surface area contributed by atoms with Crippen molar-refractivity contribution in [2.24, 2.45) is 33.0 Å². The van der Waals surface area contributed by atoms with E-state index in [1.54, 1.807) is 18.2 Å². The van der Waals surface area contributed by atoms with Crippen LogP contribution in [0.4, 0.5) is 13.2 Å². The first-order valence-corrected chi connectivity index (χ1v) is 30.2. The van der Waals surface area contributed by atoms with Gasteiger partial charge in [0.05, 0.1) is 5.39 Å². The number of halogens is 3. The SMILES string of the molecule is Cc1ccc(C)c(-c2ccc3cc(F)c(C4CCC(C5CCC(c6c(F)ccc7c6ccc(-c6cc(C)cc(CCc8cc(C)c(C)c(-c9ccc%10cc(F)c(C%11CCCCC%11)cc%10[n+]9C)c8)c6C)[n+]7C)CC5)CC4)cc3[n+]2C)c1. The fourth-order valence-corrected chi connectivity index (χ4v) is 15.5. The van der Waals surface area contributed by atoms with E-state index < -0.39 is 0 Å². The van der Waals surface area contributed by atoms with Gasteiger partial charge in [-0.3, -0.25) is 0 Å². The largest absolute Gasteiger partial charge is 0.213 e. The zero-order valence-corrected chi connectivity index (χ0v) is 48.9. The number of hydrogen-bond acceptors (Lipinski definition) is 0. The van der Waals surface area contributed by atoms with E-state index in [1.807, 2.05) is 6.07 Å². The molecule has 0 unspecified atom stereocenters. The van der Waals surface area contributed by atoms with Crippen molar-refractivity contribution < 1.29 is 26.9 Å². The number of fused-ring (bicyclic) bond motifs is 3. The number of rotatable bonds is 10. The Labute approximate surface area is 473 Å². The minimum absolute atomic E-state index is 0.0643. The van der Waals surface area contributed by atoms with Gasteiger partial charge in [0.15, 0.2) is 0 Å². The Hall–Kier alpha value is -6.66. The Morgan fingerprint density at radius 2 is 0.938 bits per heavy atom. The number of aryl methyl sites for hydroxylation is 9. The summed E-state index contributed by atoms with van der Waals surface area (Å²) >= 11 is 0. The summed E-state index contributed by atoms with van der Waals surface area (Å²) in [5.74, 6) is 1.74. The molecule has 6 heteroatoms. The van der Waals surface area contributed by atoms with Crippen molar-refractivity contribution in [3.05, 3.63) is 194 Å². The second kappa shape index (κ2) is 22.0. The van der Waals surface area contributed by atoms with E-state index in [0.717, 1.165) is 144 Å². The highest BCUT2D eigenvalue weighted by molar-refractivity contribution is 5.83. The molecule has 3 nitrogen and oxygen atoms in total. The summed E-state index contributed by atoms with van der Waals surface area (Å²) in [5.41, 5.74) is 23.2. The van der Waals surface area contributed by atoms with Crippen LogP contribution < -0.4 is 13.7 Å². The average molecular weight is 1070 g/mol. The van der Waals surface area contributed by atoms with Crippen molar-refractivity contribution in [2.75, 3.05) is 0 Å². The predicted octanol–water partition coefficient (Wildman–Crippen LogP) is 18.0. The van der Waals surface area contributed by atoms with E-state index in [2.05, 4.69) is 167 Å². The molecule has 12 rings (SSSR count). The van der Waals surface area contributed by atoms with Gasteiger partial charge < -0.3 is 0 Å². The zero-order chi connectivity index (χ0) is 55.7. The Morgan fingerprint density at radius 3 is 1.56 bits per heavy atom. The van der Waals surface area contributed by atoms with Gasteiger partial charge in [0.1, 0.15) is 38.6 Å². The van der Waals surface area contributed by atoms with Crippen LogP contribution in [0.2, 0.25) is 0 Å². The minimum Gasteiger partial charge on any atom is -0.207 e. The van der Waals surface area contributed by atoms with Gasteiger partial charge >= 0.3 is 0 Å². The Kier molecular flexibility index (Phi) is 14.8. The summed E-state index contributed by atoms with van der Waals surface area (Å²) in [5, 5.41) is 2.91. The smallest absolute Gasteiger partial charge is 0.207 e. The second-order valence-corrected chi connectivity index (χ2v) is 25.2. The van der Waals surface area contributed by atoms with Gasteiger partial charge in [-0.2, -0.15) is 13.7 Å². The number of aromatic nitrogens is 3. The maximum Gasteiger partial charge on any atom is 0.213 e. The van der Waals surface area contributed by atoms with Crippen molar-refractivity contribution in [1.82, 2.24) is 0 Å². The molecule has 3 saturated carbocycles. The lowest BCUT2D eigenvalue weighted by Gasteiger charge is -2.38. The van der Waals surface area contributed by atoms with E-state index in [0.29, 0.717) is 17.8 Å². The summed E-state index contributed by atoms with van der Waals surface area (Å²) in [6.45, 7) is 13.2. The first kappa shape index (κ1) is 54.0. The molecule has 0 saturated heterocycles. The molecule has 0 N–H and O–H groups in total. The molecule has 6 aromatic carbocycles. The monoisotopic (exact) mass is 1070 g/mol. The van der Waals surface area contributed by atoms with Gasteiger partial charge in [-0.05, 0) is 253 Å². The molecule has 80 heavy (non-hydrogen) atoms. The van der Waals surface area contributed by atoms with E-state index in [4.69, 9.17) is 0 Å². The third-order valence-electron chi connectivity index (χ3n) is 20.3. The van der Waals surface area contributed by atoms with E-state index in [1.165, 1.54) is 80.5 Å². The van der Waals surface area contributed by atoms with Gasteiger partial charge in [-0.1, -0.05) is 49.1 Å². The zero-order valence-electron chi connectivity index (χ0n) is 48.9. The van der Waals surface area contributed by atoms with Crippen LogP contribution in [0.3, 0.4) is 0 Å². The summed E-state index contributed by atoms with van der Waals surface area (Å²) in [6.07, 6.45) is 16.0. The standard InChI is InChI=1S/C74H81F3N3/c1-44-15-16-46(3)60(36-44)69-31-27-57-41-67(77)64(43-72(57)79(69)8)54-23-19-51(20-24-54)52-21-25-55(26-22-52)74-59-29-33-71(78(7)68(59)34-30-65(74)75)61-37-45(2)35-56(49(61)6)18-17-50-38-47(4)48(5)62(39-50)70-32-28-58-40-66(76)63(42-73(58)80(70)9)53-13-11-10-12-14-53/h15-16,27-43,51-55H,10-14,17-26H2,1-9H3/q+3. The van der Waals surface area contributed by atoms with E-state index in [-0.39, 0.29) is 29.3 Å². The maximum atomic E-state index is 16.3. The molecule has 0 amide bonds. The third kappa shape index (κ3) is 10.1. The van der Waals surface area contributed by atoms with Crippen LogP contribution in [0.15, 0.2) is 115 Å². The van der Waals surface area contributed by atoms with Gasteiger partial charge in [0, 0.05) is 69.4 Å². The van der Waals surface area contributed by atoms with Crippen molar-refractivity contribution >= 4 is 32.7 Å². The molecule has 3 aliphatic carbocycles. The van der Waals surface area contributed by atoms with Crippen LogP contribution in [0.25, 0.3) is 66.5 Å². The highest BCUT2D eigenvalue weighted by Crippen LogP contribution is 2.48. The molecule has 3 fully saturated rings. The molecule has 410 valence electrons. The lowest BCUT2D eigenvalue weighted by molar-refractivity contribution is -0.633. The molecule has 0 radical (unpaired) electrons. The van der Waals surface area contributed by atoms with Crippen molar-refractivity contribution in [1.29, 1.82) is 0 Å². The number of pyridine rings is 3. The van der Waals surface area contributed by atoms with Crippen LogP contribution >= 0.6 is 0 Å². The first-order valence-electron chi connectivity index (χ1n) is 30.2. The highest BCUT2D eigenvalue weighted by Gasteiger charge is 2.35. The minimum atomic E-state index is -0.0850. The second-order valence-electron chi connectivity index (χ2n) is 25.2. The molecule has 0 aliphatic heterocycles. The first-order chi connectivity index (χ1) is 38.6. The van der Waals surface area contributed by atoms with Crippen LogP contribution in [0.1, 0.15) is 162 Å². The molecule has 9 aromatic rings. The third-order valence-corrected chi connectivity index (χ3v) is 20.3. The lowest BCUT2D eigenvalue weighted by Crippen LogP contribution is -2.33. The fraction of sp³-hybridized carbons (Fsp3) is 0.392. The van der Waals surface area contributed by atoms with Crippen LogP contribution in [0, 0.1) is 70.8 Å². The van der Waals surface area contributed by atoms with Gasteiger partial charge in [0.2, 0.25) is 33.6 Å². The molecule has 0 spiro atoms. The Morgan fingerprint density at radius 1 is 0.400 bits per heavy atom. The molecule has 0 atom stereocenters. The molecule has 3 aromatic heterocycles. The van der Waals surface area contributed by atoms with Crippen LogP contribution in [-0.4, -0.2) is 0 Å². The topological polar surface area (TPSA) is 11.6 Å². The lowest BCUT2D eigenvalue weighted by atomic mass is 9.67. The van der Waals surface area contributed by atoms with E-state index in [9.17, 15) is 0 Å². The molecule has 0 bridgehead atoms. The van der Waals surface area contributed by atoms with Crippen LogP contribution in [-0.2, 0) is 34.0 Å². The average Bonchev–Trinajstić information content (AvgIpc) is 3.57. The van der Waals surface area contributed by atoms with E-state index >= 15 is 13.2 Å². The highest BCUT2D eigenvalue weighted by atomic mass is 19.1. The summed E-state index contributed by atoms with van der Waals surface area (Å²) in [7, 11) is 6.41.